The van der Waals surface area contributed by atoms with Crippen LogP contribution in [0, 0.1) is 0 Å². The molecule has 0 saturated carbocycles. The van der Waals surface area contributed by atoms with Gasteiger partial charge in [0.2, 0.25) is 0 Å². The van der Waals surface area contributed by atoms with E-state index in [9.17, 15) is 5.11 Å². The third kappa shape index (κ3) is 16.2. The molecule has 0 aromatic heterocycles. The van der Waals surface area contributed by atoms with E-state index in [4.69, 9.17) is 0 Å². The summed E-state index contributed by atoms with van der Waals surface area (Å²) < 4.78 is 0. The van der Waals surface area contributed by atoms with Gasteiger partial charge in [-0.2, -0.15) is 0 Å². The lowest BCUT2D eigenvalue weighted by Gasteiger charge is -2.03. The number of aliphatic hydroxyl groups is 1. The van der Waals surface area contributed by atoms with Crippen LogP contribution in [0.3, 0.4) is 0 Å². The molecule has 0 saturated heterocycles. The number of aliphatic hydroxyl groups excluding tert-OH is 1. The minimum atomic E-state index is -0.213. The second-order valence-electron chi connectivity index (χ2n) is 5.80. The maximum absolute atomic E-state index is 9.65. The van der Waals surface area contributed by atoms with Crippen LogP contribution in [0.25, 0.3) is 0 Å². The summed E-state index contributed by atoms with van der Waals surface area (Å²) in [5, 5.41) is 10.8. The smallest absolute Gasteiger partial charge is 0.0720 e. The van der Waals surface area contributed by atoms with Crippen molar-refractivity contribution in [3.63, 3.8) is 0 Å². The second kappa shape index (κ2) is 17.2. The lowest BCUT2D eigenvalue weighted by molar-refractivity contribution is 0.209. The quantitative estimate of drug-likeness (QED) is 0.207. The Kier molecular flexibility index (Phi) is 17.4. The van der Waals surface area contributed by atoms with Gasteiger partial charge in [-0.15, -0.1) is 0 Å². The van der Waals surface area contributed by atoms with E-state index < -0.39 is 0 Å². The van der Waals surface area contributed by atoms with Crippen molar-refractivity contribution in [1.29, 1.82) is 0 Å². The summed E-state index contributed by atoms with van der Waals surface area (Å²) in [6, 6.07) is 0. The summed E-state index contributed by atoms with van der Waals surface area (Å²) >= 11 is 3.47. The largest absolute Gasteiger partial charge is 0.389 e. The van der Waals surface area contributed by atoms with E-state index in [-0.39, 0.29) is 6.10 Å². The van der Waals surface area contributed by atoms with Gasteiger partial charge in [0.05, 0.1) is 6.10 Å². The number of halogens is 1. The molecule has 0 spiro atoms. The van der Waals surface area contributed by atoms with E-state index >= 15 is 0 Å². The van der Waals surface area contributed by atoms with Gasteiger partial charge in [-0.25, -0.2) is 0 Å². The topological polar surface area (TPSA) is 20.2 Å². The Morgan fingerprint density at radius 3 is 1.95 bits per heavy atom. The highest BCUT2D eigenvalue weighted by Crippen LogP contribution is 2.11. The molecule has 0 bridgehead atoms. The van der Waals surface area contributed by atoms with Crippen LogP contribution < -0.4 is 0 Å². The maximum atomic E-state index is 9.65. The Bertz CT molecular complexity index is 204. The van der Waals surface area contributed by atoms with Gasteiger partial charge in [0.25, 0.3) is 0 Å². The van der Waals surface area contributed by atoms with Crippen LogP contribution in [0.4, 0.5) is 0 Å². The Hall–Kier alpha value is 0.180. The van der Waals surface area contributed by atoms with E-state index in [1.165, 1.54) is 64.2 Å². The van der Waals surface area contributed by atoms with Crippen molar-refractivity contribution in [2.75, 3.05) is 5.33 Å². The van der Waals surface area contributed by atoms with Crippen molar-refractivity contribution in [3.8, 4) is 0 Å². The molecule has 1 nitrogen and oxygen atoms in total. The highest BCUT2D eigenvalue weighted by molar-refractivity contribution is 9.09. The van der Waals surface area contributed by atoms with Gasteiger partial charge in [0.15, 0.2) is 0 Å². The lowest BCUT2D eigenvalue weighted by atomic mass is 10.1. The highest BCUT2D eigenvalue weighted by atomic mass is 79.9. The number of unbranched alkanes of at least 4 members (excludes halogenated alkanes) is 10. The Balaban J connectivity index is 3.14. The van der Waals surface area contributed by atoms with Crippen LogP contribution in [0.1, 0.15) is 90.4 Å². The molecular formula is C18H35BrO. The summed E-state index contributed by atoms with van der Waals surface area (Å²) in [4.78, 5) is 0. The van der Waals surface area contributed by atoms with Crippen LogP contribution in [-0.4, -0.2) is 16.5 Å². The number of allylic oxidation sites excluding steroid dienone is 1. The molecular weight excluding hydrogens is 312 g/mol. The highest BCUT2D eigenvalue weighted by Gasteiger charge is 1.96. The minimum absolute atomic E-state index is 0.213. The van der Waals surface area contributed by atoms with Crippen molar-refractivity contribution in [2.24, 2.45) is 0 Å². The summed E-state index contributed by atoms with van der Waals surface area (Å²) in [6.07, 6.45) is 20.6. The number of hydrogen-bond acceptors (Lipinski definition) is 1. The molecule has 0 aliphatic rings. The summed E-state index contributed by atoms with van der Waals surface area (Å²) in [6.45, 7) is 2.16. The molecule has 1 atom stereocenters. The predicted octanol–water partition coefficient (Wildman–Crippen LogP) is 6.39. The fraction of sp³-hybridized carbons (Fsp3) is 0.889. The van der Waals surface area contributed by atoms with Crippen LogP contribution in [0.15, 0.2) is 12.2 Å². The molecule has 0 unspecified atom stereocenters. The fourth-order valence-electron chi connectivity index (χ4n) is 2.36. The summed E-state index contributed by atoms with van der Waals surface area (Å²) in [5.74, 6) is 0. The fourth-order valence-corrected chi connectivity index (χ4v) is 2.75. The van der Waals surface area contributed by atoms with Crippen molar-refractivity contribution in [3.05, 3.63) is 12.2 Å². The zero-order valence-electron chi connectivity index (χ0n) is 13.5. The standard InChI is InChI=1S/C18H35BrO/c1-2-3-15-18(20)16-13-11-9-7-5-4-6-8-10-12-14-17-19/h13,16,18,20H,2-12,14-15,17H2,1H3/t18-/m1/s1. The molecule has 0 aliphatic carbocycles. The summed E-state index contributed by atoms with van der Waals surface area (Å²) in [7, 11) is 0. The van der Waals surface area contributed by atoms with Gasteiger partial charge in [-0.1, -0.05) is 92.8 Å². The van der Waals surface area contributed by atoms with Gasteiger partial charge in [0.1, 0.15) is 0 Å². The number of hydrogen-bond donors (Lipinski definition) is 1. The molecule has 0 amide bonds. The molecule has 0 aromatic carbocycles. The Morgan fingerprint density at radius 2 is 1.40 bits per heavy atom. The molecule has 20 heavy (non-hydrogen) atoms. The number of alkyl halides is 1. The van der Waals surface area contributed by atoms with Gasteiger partial charge in [-0.3, -0.25) is 0 Å². The first kappa shape index (κ1) is 20.2. The SMILES string of the molecule is CCCC[C@@H](O)C=CCCCCCCCCCCCBr. The van der Waals surface area contributed by atoms with Gasteiger partial charge in [0, 0.05) is 5.33 Å². The van der Waals surface area contributed by atoms with Crippen LogP contribution >= 0.6 is 15.9 Å². The van der Waals surface area contributed by atoms with Gasteiger partial charge in [-0.05, 0) is 25.7 Å². The van der Waals surface area contributed by atoms with Crippen LogP contribution in [-0.2, 0) is 0 Å². The predicted molar refractivity (Wildman–Crippen MR) is 94.6 cm³/mol. The molecule has 1 N–H and O–H groups in total. The van der Waals surface area contributed by atoms with E-state index in [0.717, 1.165) is 24.6 Å². The van der Waals surface area contributed by atoms with Crippen molar-refractivity contribution in [2.45, 2.75) is 96.5 Å². The molecule has 0 heterocycles. The first-order valence-corrected chi connectivity index (χ1v) is 9.84. The van der Waals surface area contributed by atoms with Crippen molar-refractivity contribution in [1.82, 2.24) is 0 Å². The first-order valence-electron chi connectivity index (χ1n) is 8.72. The normalized spacial score (nSPS) is 13.2. The van der Waals surface area contributed by atoms with E-state index in [0.29, 0.717) is 0 Å². The second-order valence-corrected chi connectivity index (χ2v) is 6.59. The zero-order chi connectivity index (χ0) is 14.9. The lowest BCUT2D eigenvalue weighted by Crippen LogP contribution is -2.00. The van der Waals surface area contributed by atoms with E-state index in [1.54, 1.807) is 0 Å². The molecule has 0 aromatic rings. The third-order valence-electron chi connectivity index (χ3n) is 3.72. The van der Waals surface area contributed by atoms with E-state index in [2.05, 4.69) is 28.9 Å². The van der Waals surface area contributed by atoms with E-state index in [1.807, 2.05) is 6.08 Å². The van der Waals surface area contributed by atoms with Crippen molar-refractivity contribution >= 4 is 15.9 Å². The monoisotopic (exact) mass is 346 g/mol. The average Bonchev–Trinajstić information content (AvgIpc) is 2.46. The van der Waals surface area contributed by atoms with Crippen molar-refractivity contribution < 1.29 is 5.11 Å². The average molecular weight is 347 g/mol. The Morgan fingerprint density at radius 1 is 0.850 bits per heavy atom. The third-order valence-corrected chi connectivity index (χ3v) is 4.28. The molecule has 0 fully saturated rings. The van der Waals surface area contributed by atoms with Crippen LogP contribution in [0.2, 0.25) is 0 Å². The van der Waals surface area contributed by atoms with Gasteiger partial charge >= 0.3 is 0 Å². The van der Waals surface area contributed by atoms with Crippen LogP contribution in [0.5, 0.6) is 0 Å². The zero-order valence-corrected chi connectivity index (χ0v) is 15.0. The summed E-state index contributed by atoms with van der Waals surface area (Å²) in [5.41, 5.74) is 0. The molecule has 0 rings (SSSR count). The molecule has 2 heteroatoms. The minimum Gasteiger partial charge on any atom is -0.389 e. The van der Waals surface area contributed by atoms with Gasteiger partial charge < -0.3 is 5.11 Å². The number of rotatable bonds is 15. The first-order chi connectivity index (χ1) is 9.81. The Labute approximate surface area is 135 Å². The molecule has 120 valence electrons. The molecule has 0 aliphatic heterocycles. The maximum Gasteiger partial charge on any atom is 0.0720 e. The molecule has 0 radical (unpaired) electrons.